The molecule has 0 spiro atoms. The smallest absolute Gasteiger partial charge is 0.416 e. The summed E-state index contributed by atoms with van der Waals surface area (Å²) in [7, 11) is 0. The van der Waals surface area contributed by atoms with E-state index >= 15 is 0 Å². The van der Waals surface area contributed by atoms with Crippen molar-refractivity contribution in [3.63, 3.8) is 0 Å². The fourth-order valence-electron chi connectivity index (χ4n) is 6.42. The minimum absolute atomic E-state index is 0.0458. The quantitative estimate of drug-likeness (QED) is 0.245. The van der Waals surface area contributed by atoms with Crippen molar-refractivity contribution < 1.29 is 27.5 Å². The monoisotopic (exact) mass is 539 g/mol. The summed E-state index contributed by atoms with van der Waals surface area (Å²) in [6.07, 6.45) is 2.81. The minimum Gasteiger partial charge on any atom is -0.481 e. The minimum atomic E-state index is -4.54. The fraction of sp³-hybridized carbons (Fsp3) is 0.357. The molecule has 4 aromatic rings. The number of carbonyl (C=O) groups is 1. The number of aromatic amines is 1. The Bertz CT molecular complexity index is 1560. The largest absolute Gasteiger partial charge is 0.481 e. The van der Waals surface area contributed by atoms with E-state index in [1.165, 1.54) is 18.2 Å². The van der Waals surface area contributed by atoms with Gasteiger partial charge in [-0.15, -0.1) is 0 Å². The summed E-state index contributed by atoms with van der Waals surface area (Å²) < 4.78 is 54.6. The highest BCUT2D eigenvalue weighted by molar-refractivity contribution is 5.92. The SMILES string of the molecule is O=C(O)C1C2CCCC1(Nc1cc(-c3cccc(C(F)(F)F)c3)nc(-c3c[nH]c4ncc(F)cc34)n1)CCC2. The van der Waals surface area contributed by atoms with Gasteiger partial charge >= 0.3 is 12.1 Å². The third kappa shape index (κ3) is 4.59. The molecule has 1 atom stereocenters. The number of alkyl halides is 3. The Balaban J connectivity index is 1.50. The molecule has 0 radical (unpaired) electrons. The highest BCUT2D eigenvalue weighted by Crippen LogP contribution is 2.49. The molecule has 11 heteroatoms. The standard InChI is InChI=1S/C28H25F4N5O2/c29-18-11-19-20(14-34-24(19)33-13-18)25-35-21(16-4-1-7-17(10-16)28(30,31)32)12-22(36-25)37-27-8-2-5-15(6-3-9-27)23(27)26(38)39/h1,4,7,10-15,23H,2-3,5-6,8-9H2,(H,33,34)(H,38,39)(H,35,36,37). The molecule has 2 saturated carbocycles. The van der Waals surface area contributed by atoms with E-state index in [1.54, 1.807) is 12.3 Å². The maximum absolute atomic E-state index is 14.1. The molecule has 1 aromatic carbocycles. The Morgan fingerprint density at radius 3 is 2.59 bits per heavy atom. The normalized spacial score (nSPS) is 23.1. The molecule has 3 aromatic heterocycles. The molecule has 6 rings (SSSR count). The molecule has 2 bridgehead atoms. The summed E-state index contributed by atoms with van der Waals surface area (Å²) in [4.78, 5) is 28.6. The number of nitrogens with zero attached hydrogens (tertiary/aromatic N) is 3. The van der Waals surface area contributed by atoms with Gasteiger partial charge in [-0.05, 0) is 49.8 Å². The molecule has 0 saturated heterocycles. The topological polar surface area (TPSA) is 104 Å². The molecule has 2 aliphatic rings. The molecule has 202 valence electrons. The van der Waals surface area contributed by atoms with Crippen molar-refractivity contribution in [3.8, 4) is 22.6 Å². The number of fused-ring (bicyclic) bond motifs is 3. The third-order valence-electron chi connectivity index (χ3n) is 8.06. The number of pyridine rings is 1. The summed E-state index contributed by atoms with van der Waals surface area (Å²) in [5.41, 5.74) is -0.290. The highest BCUT2D eigenvalue weighted by Gasteiger charge is 2.52. The van der Waals surface area contributed by atoms with Crippen LogP contribution in [0.5, 0.6) is 0 Å². The molecular formula is C28H25F4N5O2. The number of hydrogen-bond acceptors (Lipinski definition) is 5. The van der Waals surface area contributed by atoms with Crippen LogP contribution in [-0.2, 0) is 11.0 Å². The molecule has 7 nitrogen and oxygen atoms in total. The molecular weight excluding hydrogens is 514 g/mol. The first-order valence-corrected chi connectivity index (χ1v) is 12.8. The number of hydrogen-bond donors (Lipinski definition) is 3. The van der Waals surface area contributed by atoms with E-state index in [1.807, 2.05) is 0 Å². The zero-order valence-electron chi connectivity index (χ0n) is 20.7. The second-order valence-electron chi connectivity index (χ2n) is 10.4. The van der Waals surface area contributed by atoms with E-state index in [0.29, 0.717) is 35.3 Å². The first-order chi connectivity index (χ1) is 18.6. The van der Waals surface area contributed by atoms with Crippen LogP contribution in [0.3, 0.4) is 0 Å². The number of anilines is 1. The number of H-pyrrole nitrogens is 1. The van der Waals surface area contributed by atoms with E-state index in [9.17, 15) is 27.5 Å². The van der Waals surface area contributed by atoms with Crippen LogP contribution in [0.4, 0.5) is 23.4 Å². The number of carboxylic acids is 1. The maximum atomic E-state index is 14.1. The van der Waals surface area contributed by atoms with Crippen molar-refractivity contribution >= 4 is 22.8 Å². The van der Waals surface area contributed by atoms with E-state index in [-0.39, 0.29) is 23.0 Å². The average molecular weight is 540 g/mol. The van der Waals surface area contributed by atoms with E-state index in [0.717, 1.165) is 44.0 Å². The third-order valence-corrected chi connectivity index (χ3v) is 8.06. The number of rotatable bonds is 5. The first-order valence-electron chi connectivity index (χ1n) is 12.8. The Kier molecular flexibility index (Phi) is 6.04. The van der Waals surface area contributed by atoms with Crippen molar-refractivity contribution in [3.05, 3.63) is 60.2 Å². The van der Waals surface area contributed by atoms with Crippen molar-refractivity contribution in [2.45, 2.75) is 50.2 Å². The van der Waals surface area contributed by atoms with Gasteiger partial charge in [0.1, 0.15) is 17.3 Å². The van der Waals surface area contributed by atoms with Crippen LogP contribution in [-0.4, -0.2) is 36.6 Å². The number of halogens is 4. The number of aromatic nitrogens is 4. The van der Waals surface area contributed by atoms with Gasteiger partial charge in [-0.1, -0.05) is 25.0 Å². The second-order valence-corrected chi connectivity index (χ2v) is 10.4. The van der Waals surface area contributed by atoms with Crippen LogP contribution in [0.15, 0.2) is 48.8 Å². The van der Waals surface area contributed by atoms with Crippen molar-refractivity contribution in [2.75, 3.05) is 5.32 Å². The van der Waals surface area contributed by atoms with Gasteiger partial charge in [0.15, 0.2) is 5.82 Å². The lowest BCUT2D eigenvalue weighted by molar-refractivity contribution is -0.149. The molecule has 2 fully saturated rings. The predicted molar refractivity (Wildman–Crippen MR) is 136 cm³/mol. The van der Waals surface area contributed by atoms with Gasteiger partial charge in [-0.2, -0.15) is 13.2 Å². The molecule has 3 N–H and O–H groups in total. The highest BCUT2D eigenvalue weighted by atomic mass is 19.4. The van der Waals surface area contributed by atoms with Crippen molar-refractivity contribution in [1.82, 2.24) is 19.9 Å². The van der Waals surface area contributed by atoms with Gasteiger partial charge in [0, 0.05) is 28.8 Å². The summed E-state index contributed by atoms with van der Waals surface area (Å²) in [5, 5.41) is 14.0. The van der Waals surface area contributed by atoms with Gasteiger partial charge in [0.2, 0.25) is 0 Å². The lowest BCUT2D eigenvalue weighted by atomic mass is 9.59. The Morgan fingerprint density at radius 2 is 1.87 bits per heavy atom. The fourth-order valence-corrected chi connectivity index (χ4v) is 6.42. The van der Waals surface area contributed by atoms with E-state index in [4.69, 9.17) is 0 Å². The summed E-state index contributed by atoms with van der Waals surface area (Å²) in [6.45, 7) is 0. The molecule has 39 heavy (non-hydrogen) atoms. The zero-order valence-corrected chi connectivity index (χ0v) is 20.7. The van der Waals surface area contributed by atoms with E-state index < -0.39 is 35.0 Å². The van der Waals surface area contributed by atoms with Crippen LogP contribution in [0.2, 0.25) is 0 Å². The van der Waals surface area contributed by atoms with Gasteiger partial charge in [-0.25, -0.2) is 19.3 Å². The van der Waals surface area contributed by atoms with Gasteiger partial charge in [-0.3, -0.25) is 4.79 Å². The summed E-state index contributed by atoms with van der Waals surface area (Å²) >= 11 is 0. The lowest BCUT2D eigenvalue weighted by Crippen LogP contribution is -2.56. The lowest BCUT2D eigenvalue weighted by Gasteiger charge is -2.50. The summed E-state index contributed by atoms with van der Waals surface area (Å²) in [6, 6.07) is 7.68. The van der Waals surface area contributed by atoms with Gasteiger partial charge < -0.3 is 15.4 Å². The maximum Gasteiger partial charge on any atom is 0.416 e. The number of benzene rings is 1. The molecule has 2 aliphatic carbocycles. The van der Waals surface area contributed by atoms with Crippen LogP contribution in [0.25, 0.3) is 33.7 Å². The molecule has 0 aliphatic heterocycles. The number of nitrogens with one attached hydrogen (secondary N) is 2. The van der Waals surface area contributed by atoms with Crippen molar-refractivity contribution in [1.29, 1.82) is 0 Å². The Labute approximate surface area is 220 Å². The zero-order chi connectivity index (χ0) is 27.4. The second kappa shape index (κ2) is 9.32. The Morgan fingerprint density at radius 1 is 1.10 bits per heavy atom. The first kappa shape index (κ1) is 25.3. The number of aliphatic carboxylic acids is 1. The molecule has 1 unspecified atom stereocenters. The predicted octanol–water partition coefficient (Wildman–Crippen LogP) is 6.68. The van der Waals surface area contributed by atoms with Gasteiger partial charge in [0.05, 0.1) is 28.9 Å². The average Bonchev–Trinajstić information content (AvgIpc) is 3.30. The van der Waals surface area contributed by atoms with Crippen molar-refractivity contribution in [2.24, 2.45) is 11.8 Å². The van der Waals surface area contributed by atoms with Gasteiger partial charge in [0.25, 0.3) is 0 Å². The molecule has 0 amide bonds. The van der Waals surface area contributed by atoms with Crippen LogP contribution in [0, 0.1) is 17.7 Å². The number of carboxylic acid groups (broad SMARTS) is 1. The van der Waals surface area contributed by atoms with Crippen LogP contribution in [0.1, 0.15) is 44.1 Å². The van der Waals surface area contributed by atoms with Crippen LogP contribution < -0.4 is 5.32 Å². The van der Waals surface area contributed by atoms with E-state index in [2.05, 4.69) is 25.3 Å². The summed E-state index contributed by atoms with van der Waals surface area (Å²) in [5.74, 6) is -1.53. The molecule has 3 heterocycles. The van der Waals surface area contributed by atoms with Crippen LogP contribution >= 0.6 is 0 Å². The Hall–Kier alpha value is -4.02.